The summed E-state index contributed by atoms with van der Waals surface area (Å²) in [6.45, 7) is -0.228. The Hall–Kier alpha value is -2.93. The fraction of sp³-hybridized carbons (Fsp3) is 0.0667. The molecular formula is C15H10ClN3O4. The van der Waals surface area contributed by atoms with Crippen LogP contribution >= 0.6 is 11.6 Å². The highest BCUT2D eigenvalue weighted by Crippen LogP contribution is 2.18. The standard InChI is InChI=1S/C15H10ClN3O4/c16-11-6-4-10(5-7-11)14-17-13(23-18-14)9-22-15(20)12-3-1-2-8-19(12)21/h1-8H,9H2. The van der Waals surface area contributed by atoms with Crippen molar-refractivity contribution in [3.63, 3.8) is 0 Å². The molecule has 2 heterocycles. The number of carbonyl (C=O) groups is 1. The van der Waals surface area contributed by atoms with Crippen LogP contribution in [-0.2, 0) is 11.3 Å². The Labute approximate surface area is 135 Å². The van der Waals surface area contributed by atoms with Crippen LogP contribution in [0.5, 0.6) is 0 Å². The van der Waals surface area contributed by atoms with Crippen molar-refractivity contribution in [2.24, 2.45) is 0 Å². The smallest absolute Gasteiger partial charge is 0.405 e. The number of rotatable bonds is 4. The molecule has 8 heteroatoms. The minimum absolute atomic E-state index is 0.120. The number of carbonyl (C=O) groups excluding carboxylic acids is 1. The van der Waals surface area contributed by atoms with Gasteiger partial charge in [0.05, 0.1) is 0 Å². The van der Waals surface area contributed by atoms with Gasteiger partial charge in [-0.25, -0.2) is 4.79 Å². The van der Waals surface area contributed by atoms with Crippen LogP contribution in [0.25, 0.3) is 11.4 Å². The van der Waals surface area contributed by atoms with Gasteiger partial charge in [-0.3, -0.25) is 0 Å². The number of esters is 1. The average Bonchev–Trinajstić information content (AvgIpc) is 3.03. The third kappa shape index (κ3) is 3.46. The molecule has 0 aliphatic carbocycles. The summed E-state index contributed by atoms with van der Waals surface area (Å²) >= 11 is 5.81. The number of benzene rings is 1. The number of nitrogens with zero attached hydrogens (tertiary/aromatic N) is 3. The van der Waals surface area contributed by atoms with E-state index in [9.17, 15) is 10.0 Å². The van der Waals surface area contributed by atoms with E-state index in [1.54, 1.807) is 30.3 Å². The number of pyridine rings is 1. The van der Waals surface area contributed by atoms with Crippen LogP contribution in [0.2, 0.25) is 5.02 Å². The largest absolute Gasteiger partial charge is 0.618 e. The summed E-state index contributed by atoms with van der Waals surface area (Å²) < 4.78 is 10.4. The van der Waals surface area contributed by atoms with E-state index in [0.717, 1.165) is 5.56 Å². The molecule has 0 spiro atoms. The van der Waals surface area contributed by atoms with E-state index in [4.69, 9.17) is 20.9 Å². The second-order valence-corrected chi connectivity index (χ2v) is 4.94. The molecule has 0 fully saturated rings. The van der Waals surface area contributed by atoms with Crippen molar-refractivity contribution in [3.05, 3.63) is 70.5 Å². The Bertz CT molecular complexity index is 833. The van der Waals surface area contributed by atoms with Gasteiger partial charge in [0.15, 0.2) is 12.8 Å². The molecule has 116 valence electrons. The highest BCUT2D eigenvalue weighted by Gasteiger charge is 2.18. The molecule has 1 aromatic carbocycles. The maximum absolute atomic E-state index is 11.8. The second-order valence-electron chi connectivity index (χ2n) is 4.51. The molecule has 0 radical (unpaired) electrons. The first-order valence-corrected chi connectivity index (χ1v) is 6.95. The normalized spacial score (nSPS) is 10.5. The number of aromatic nitrogens is 3. The monoisotopic (exact) mass is 331 g/mol. The lowest BCUT2D eigenvalue weighted by atomic mass is 10.2. The van der Waals surface area contributed by atoms with Crippen molar-refractivity contribution in [2.75, 3.05) is 0 Å². The number of ether oxygens (including phenoxy) is 1. The Morgan fingerprint density at radius 2 is 2.04 bits per heavy atom. The molecule has 0 atom stereocenters. The van der Waals surface area contributed by atoms with Crippen LogP contribution in [0.3, 0.4) is 0 Å². The predicted molar refractivity (Wildman–Crippen MR) is 79.3 cm³/mol. The second kappa shape index (κ2) is 6.45. The summed E-state index contributed by atoms with van der Waals surface area (Å²) in [6.07, 6.45) is 1.21. The summed E-state index contributed by atoms with van der Waals surface area (Å²) in [4.78, 5) is 15.9. The number of halogens is 1. The zero-order valence-corrected chi connectivity index (χ0v) is 12.4. The van der Waals surface area contributed by atoms with Gasteiger partial charge in [0.2, 0.25) is 5.82 Å². The van der Waals surface area contributed by atoms with Crippen molar-refractivity contribution >= 4 is 17.6 Å². The van der Waals surface area contributed by atoms with Gasteiger partial charge in [0.1, 0.15) is 0 Å². The van der Waals surface area contributed by atoms with Gasteiger partial charge in [-0.2, -0.15) is 9.71 Å². The lowest BCUT2D eigenvalue weighted by molar-refractivity contribution is -0.608. The first-order valence-electron chi connectivity index (χ1n) is 6.57. The summed E-state index contributed by atoms with van der Waals surface area (Å²) in [6, 6.07) is 11.3. The van der Waals surface area contributed by atoms with E-state index in [0.29, 0.717) is 15.6 Å². The Morgan fingerprint density at radius 3 is 2.78 bits per heavy atom. The van der Waals surface area contributed by atoms with Gasteiger partial charge in [0.25, 0.3) is 5.89 Å². The van der Waals surface area contributed by atoms with Gasteiger partial charge in [0, 0.05) is 22.7 Å². The molecule has 0 aliphatic rings. The Kier molecular flexibility index (Phi) is 4.20. The molecule has 0 bridgehead atoms. The fourth-order valence-electron chi connectivity index (χ4n) is 1.82. The van der Waals surface area contributed by atoms with Crippen LogP contribution in [0.15, 0.2) is 53.2 Å². The number of hydrogen-bond acceptors (Lipinski definition) is 6. The Balaban J connectivity index is 1.67. The van der Waals surface area contributed by atoms with Gasteiger partial charge in [-0.1, -0.05) is 16.8 Å². The molecule has 2 aromatic heterocycles. The third-order valence-electron chi connectivity index (χ3n) is 2.93. The molecule has 7 nitrogen and oxygen atoms in total. The lowest BCUT2D eigenvalue weighted by Gasteiger charge is -2.02. The topological polar surface area (TPSA) is 92.2 Å². The molecule has 0 saturated carbocycles. The maximum atomic E-state index is 11.8. The molecule has 0 unspecified atom stereocenters. The number of hydrogen-bond donors (Lipinski definition) is 0. The average molecular weight is 332 g/mol. The summed E-state index contributed by atoms with van der Waals surface area (Å²) in [5.41, 5.74) is 0.598. The minimum Gasteiger partial charge on any atom is -0.618 e. The summed E-state index contributed by atoms with van der Waals surface area (Å²) in [5.74, 6) is -0.296. The van der Waals surface area contributed by atoms with Crippen LogP contribution in [0.4, 0.5) is 0 Å². The third-order valence-corrected chi connectivity index (χ3v) is 3.18. The van der Waals surface area contributed by atoms with Gasteiger partial charge in [-0.15, -0.1) is 0 Å². The van der Waals surface area contributed by atoms with Crippen LogP contribution in [0, 0.1) is 5.21 Å². The molecular weight excluding hydrogens is 322 g/mol. The molecule has 3 aromatic rings. The first kappa shape index (κ1) is 15.0. The maximum Gasteiger partial charge on any atom is 0.405 e. The van der Waals surface area contributed by atoms with Gasteiger partial charge >= 0.3 is 11.7 Å². The Morgan fingerprint density at radius 1 is 1.26 bits per heavy atom. The first-order chi connectivity index (χ1) is 11.1. The van der Waals surface area contributed by atoms with Crippen molar-refractivity contribution < 1.29 is 18.8 Å². The highest BCUT2D eigenvalue weighted by molar-refractivity contribution is 6.30. The van der Waals surface area contributed by atoms with Gasteiger partial charge in [-0.05, 0) is 30.3 Å². The minimum atomic E-state index is -0.771. The van der Waals surface area contributed by atoms with E-state index in [-0.39, 0.29) is 18.2 Å². The van der Waals surface area contributed by atoms with E-state index < -0.39 is 5.97 Å². The van der Waals surface area contributed by atoms with Crippen molar-refractivity contribution in [3.8, 4) is 11.4 Å². The van der Waals surface area contributed by atoms with E-state index in [2.05, 4.69) is 10.1 Å². The molecule has 0 saturated heterocycles. The highest BCUT2D eigenvalue weighted by atomic mass is 35.5. The molecule has 3 rings (SSSR count). The predicted octanol–water partition coefficient (Wildman–Crippen LogP) is 2.38. The van der Waals surface area contributed by atoms with Crippen molar-refractivity contribution in [2.45, 2.75) is 6.61 Å². The van der Waals surface area contributed by atoms with E-state index in [1.165, 1.54) is 18.3 Å². The zero-order valence-electron chi connectivity index (χ0n) is 11.7. The quantitative estimate of drug-likeness (QED) is 0.414. The van der Waals surface area contributed by atoms with Crippen molar-refractivity contribution in [1.82, 2.24) is 10.1 Å². The van der Waals surface area contributed by atoms with Crippen molar-refractivity contribution in [1.29, 1.82) is 0 Å². The van der Waals surface area contributed by atoms with Crippen LogP contribution in [0.1, 0.15) is 16.4 Å². The molecule has 0 amide bonds. The van der Waals surface area contributed by atoms with E-state index >= 15 is 0 Å². The van der Waals surface area contributed by atoms with Gasteiger partial charge < -0.3 is 14.5 Å². The van der Waals surface area contributed by atoms with Crippen LogP contribution in [-0.4, -0.2) is 16.1 Å². The fourth-order valence-corrected chi connectivity index (χ4v) is 1.94. The zero-order chi connectivity index (χ0) is 16.2. The van der Waals surface area contributed by atoms with Crippen LogP contribution < -0.4 is 4.73 Å². The lowest BCUT2D eigenvalue weighted by Crippen LogP contribution is -2.34. The summed E-state index contributed by atoms with van der Waals surface area (Å²) in [7, 11) is 0. The summed E-state index contributed by atoms with van der Waals surface area (Å²) in [5, 5.41) is 15.8. The molecule has 0 aliphatic heterocycles. The SMILES string of the molecule is O=C(OCc1nc(-c2ccc(Cl)cc2)no1)c1cccc[n+]1[O-]. The molecule has 0 N–H and O–H groups in total. The van der Waals surface area contributed by atoms with E-state index in [1.807, 2.05) is 0 Å². The molecule has 23 heavy (non-hydrogen) atoms.